The second kappa shape index (κ2) is 10.1. The Morgan fingerprint density at radius 2 is 0.830 bits per heavy atom. The Morgan fingerprint density at radius 3 is 1.47 bits per heavy atom. The number of imidazole rings is 1. The summed E-state index contributed by atoms with van der Waals surface area (Å²) in [6.45, 7) is 0. The molecule has 0 unspecified atom stereocenters. The highest BCUT2D eigenvalue weighted by Gasteiger charge is 2.26. The molecule has 0 atom stereocenters. The number of nitrogens with zero attached hydrogens (tertiary/aromatic N) is 4. The number of fused-ring (bicyclic) bond motifs is 8. The summed E-state index contributed by atoms with van der Waals surface area (Å²) >= 11 is 0. The third kappa shape index (κ3) is 3.73. The van der Waals surface area contributed by atoms with E-state index in [-0.39, 0.29) is 0 Å². The monoisotopic (exact) mass is 600 g/mol. The second-order valence-electron chi connectivity index (χ2n) is 12.0. The van der Waals surface area contributed by atoms with Crippen LogP contribution in [0, 0.1) is 0 Å². The highest BCUT2D eigenvalue weighted by Crippen LogP contribution is 2.46. The van der Waals surface area contributed by atoms with E-state index in [0.29, 0.717) is 0 Å². The van der Waals surface area contributed by atoms with Crippen molar-refractivity contribution in [3.05, 3.63) is 170 Å². The third-order valence-corrected chi connectivity index (χ3v) is 9.42. The maximum atomic E-state index is 5.40. The van der Waals surface area contributed by atoms with E-state index in [1.165, 1.54) is 32.6 Å². The minimum atomic E-state index is 0.928. The molecule has 0 radical (unpaired) electrons. The lowest BCUT2D eigenvalue weighted by atomic mass is 10.0. The van der Waals surface area contributed by atoms with Crippen molar-refractivity contribution in [1.82, 2.24) is 18.7 Å². The first-order chi connectivity index (χ1) is 23.4. The molecule has 0 aliphatic carbocycles. The average Bonchev–Trinajstić information content (AvgIpc) is 3.81. The lowest BCUT2D eigenvalue weighted by molar-refractivity contribution is 1.10. The minimum absolute atomic E-state index is 0.928. The van der Waals surface area contributed by atoms with Crippen LogP contribution in [0.15, 0.2) is 170 Å². The quantitative estimate of drug-likeness (QED) is 0.197. The molecule has 220 valence electrons. The number of para-hydroxylation sites is 7. The van der Waals surface area contributed by atoms with Gasteiger partial charge in [-0.2, -0.15) is 0 Å². The Labute approximate surface area is 271 Å². The van der Waals surface area contributed by atoms with Crippen molar-refractivity contribution in [2.75, 3.05) is 0 Å². The summed E-state index contributed by atoms with van der Waals surface area (Å²) in [6.07, 6.45) is 0. The number of benzene rings is 7. The van der Waals surface area contributed by atoms with Crippen LogP contribution >= 0.6 is 0 Å². The van der Waals surface area contributed by atoms with Crippen LogP contribution in [-0.2, 0) is 0 Å². The molecule has 0 fully saturated rings. The smallest absolute Gasteiger partial charge is 0.146 e. The summed E-state index contributed by atoms with van der Waals surface area (Å²) in [5.74, 6) is 0.928. The van der Waals surface area contributed by atoms with Gasteiger partial charge in [0, 0.05) is 44.2 Å². The second-order valence-corrected chi connectivity index (χ2v) is 12.0. The van der Waals surface area contributed by atoms with Gasteiger partial charge in [0.05, 0.1) is 33.1 Å². The number of aromatic nitrogens is 4. The maximum absolute atomic E-state index is 5.40. The molecule has 3 aromatic heterocycles. The van der Waals surface area contributed by atoms with Crippen LogP contribution in [0.5, 0.6) is 0 Å². The number of rotatable bonds is 4. The Bertz CT molecular complexity index is 2770. The van der Waals surface area contributed by atoms with E-state index in [4.69, 9.17) is 4.98 Å². The van der Waals surface area contributed by atoms with Gasteiger partial charge < -0.3 is 9.13 Å². The molecule has 0 aliphatic heterocycles. The van der Waals surface area contributed by atoms with E-state index >= 15 is 0 Å². The molecule has 4 heteroatoms. The van der Waals surface area contributed by atoms with Crippen molar-refractivity contribution < 1.29 is 0 Å². The highest BCUT2D eigenvalue weighted by molar-refractivity contribution is 6.28. The first kappa shape index (κ1) is 25.9. The minimum Gasteiger partial charge on any atom is -0.307 e. The summed E-state index contributed by atoms with van der Waals surface area (Å²) in [5.41, 5.74) is 11.2. The zero-order valence-corrected chi connectivity index (χ0v) is 25.5. The Kier molecular flexibility index (Phi) is 5.54. The summed E-state index contributed by atoms with van der Waals surface area (Å²) in [4.78, 5) is 5.40. The molecule has 0 aliphatic rings. The molecule has 0 N–H and O–H groups in total. The van der Waals surface area contributed by atoms with Gasteiger partial charge in [-0.05, 0) is 66.7 Å². The predicted molar refractivity (Wildman–Crippen MR) is 195 cm³/mol. The van der Waals surface area contributed by atoms with Gasteiger partial charge in [0.15, 0.2) is 0 Å². The van der Waals surface area contributed by atoms with E-state index in [0.717, 1.165) is 50.5 Å². The fourth-order valence-electron chi connectivity index (χ4n) is 7.51. The summed E-state index contributed by atoms with van der Waals surface area (Å²) in [5, 5.41) is 4.78. The van der Waals surface area contributed by atoms with E-state index in [1.807, 2.05) is 0 Å². The van der Waals surface area contributed by atoms with Crippen LogP contribution in [0.25, 0.3) is 83.1 Å². The molecule has 10 rings (SSSR count). The first-order valence-electron chi connectivity index (χ1n) is 16.0. The van der Waals surface area contributed by atoms with E-state index in [2.05, 4.69) is 184 Å². The van der Waals surface area contributed by atoms with E-state index < -0.39 is 0 Å². The van der Waals surface area contributed by atoms with Gasteiger partial charge >= 0.3 is 0 Å². The van der Waals surface area contributed by atoms with Crippen molar-refractivity contribution in [1.29, 1.82) is 0 Å². The van der Waals surface area contributed by atoms with Crippen LogP contribution in [0.1, 0.15) is 0 Å². The van der Waals surface area contributed by atoms with Gasteiger partial charge in [0.2, 0.25) is 0 Å². The molecule has 4 nitrogen and oxygen atoms in total. The van der Waals surface area contributed by atoms with Crippen LogP contribution in [0.4, 0.5) is 0 Å². The van der Waals surface area contributed by atoms with Crippen LogP contribution in [-0.4, -0.2) is 18.7 Å². The molecule has 0 bridgehead atoms. The van der Waals surface area contributed by atoms with Crippen LogP contribution in [0.3, 0.4) is 0 Å². The molecule has 0 saturated carbocycles. The summed E-state index contributed by atoms with van der Waals surface area (Å²) in [7, 11) is 0. The SMILES string of the molecule is c1ccc(-n2c(-c3cc4c5ccccc5n(-c5ccccc5)c4c4c3c3ccccc3n4-c3ccccc3)nc3ccccc32)cc1. The van der Waals surface area contributed by atoms with Gasteiger partial charge in [-0.1, -0.05) is 103 Å². The van der Waals surface area contributed by atoms with Crippen molar-refractivity contribution in [2.24, 2.45) is 0 Å². The number of hydrogen-bond donors (Lipinski definition) is 0. The lowest BCUT2D eigenvalue weighted by Gasteiger charge is -2.15. The zero-order chi connectivity index (χ0) is 30.9. The highest BCUT2D eigenvalue weighted by atomic mass is 15.1. The molecule has 0 amide bonds. The van der Waals surface area contributed by atoms with Crippen molar-refractivity contribution in [2.45, 2.75) is 0 Å². The topological polar surface area (TPSA) is 27.7 Å². The van der Waals surface area contributed by atoms with Crippen LogP contribution < -0.4 is 0 Å². The van der Waals surface area contributed by atoms with E-state index in [1.54, 1.807) is 0 Å². The lowest BCUT2D eigenvalue weighted by Crippen LogP contribution is -2.00. The maximum Gasteiger partial charge on any atom is 0.146 e. The van der Waals surface area contributed by atoms with Crippen molar-refractivity contribution in [3.63, 3.8) is 0 Å². The Morgan fingerprint density at radius 1 is 0.362 bits per heavy atom. The predicted octanol–water partition coefficient (Wildman–Crippen LogP) is 10.9. The molecular weight excluding hydrogens is 573 g/mol. The summed E-state index contributed by atoms with van der Waals surface area (Å²) in [6, 6.07) is 60.5. The molecule has 47 heavy (non-hydrogen) atoms. The first-order valence-corrected chi connectivity index (χ1v) is 16.0. The molecule has 3 heterocycles. The zero-order valence-electron chi connectivity index (χ0n) is 25.5. The van der Waals surface area contributed by atoms with Gasteiger partial charge in [-0.3, -0.25) is 4.57 Å². The average molecular weight is 601 g/mol. The largest absolute Gasteiger partial charge is 0.307 e. The normalized spacial score (nSPS) is 11.8. The van der Waals surface area contributed by atoms with Crippen molar-refractivity contribution >= 4 is 54.6 Å². The standard InChI is InChI=1S/C43H28N4/c1-4-16-29(17-5-1)45-37-25-13-10-22-32(37)34-28-35(43-44-36-24-12-15-27-39(36)47(43)31-20-8-3-9-21-31)40-33-23-11-14-26-38(33)46(42(40)41(34)45)30-18-6-2-7-19-30/h1-28H. The van der Waals surface area contributed by atoms with Gasteiger partial charge in [-0.15, -0.1) is 0 Å². The van der Waals surface area contributed by atoms with E-state index in [9.17, 15) is 0 Å². The van der Waals surface area contributed by atoms with Gasteiger partial charge in [0.25, 0.3) is 0 Å². The molecular formula is C43H28N4. The molecule has 0 spiro atoms. The number of hydrogen-bond acceptors (Lipinski definition) is 1. The fraction of sp³-hybridized carbons (Fsp3) is 0. The molecule has 7 aromatic carbocycles. The molecule has 0 saturated heterocycles. The summed E-state index contributed by atoms with van der Waals surface area (Å²) < 4.78 is 7.21. The molecule has 10 aromatic rings. The Balaban J connectivity index is 1.50. The van der Waals surface area contributed by atoms with Gasteiger partial charge in [-0.25, -0.2) is 4.98 Å². The fourth-order valence-corrected chi connectivity index (χ4v) is 7.51. The van der Waals surface area contributed by atoms with Gasteiger partial charge in [0.1, 0.15) is 5.82 Å². The third-order valence-electron chi connectivity index (χ3n) is 9.42. The van der Waals surface area contributed by atoms with Crippen LogP contribution in [0.2, 0.25) is 0 Å². The van der Waals surface area contributed by atoms with Crippen molar-refractivity contribution in [3.8, 4) is 28.5 Å². The Hall–Kier alpha value is -6.39.